The molecule has 1 N–H and O–H groups in total. The third-order valence-corrected chi connectivity index (χ3v) is 7.96. The van der Waals surface area contributed by atoms with Crippen molar-refractivity contribution >= 4 is 5.78 Å². The van der Waals surface area contributed by atoms with E-state index in [1.807, 2.05) is 6.92 Å². The molecule has 2 saturated carbocycles. The normalized spacial score (nSPS) is 46.5. The minimum atomic E-state index is -2.42. The second-order valence-electron chi connectivity index (χ2n) is 8.84. The molecule has 0 aliphatic heterocycles. The number of aliphatic hydroxyl groups is 1. The Morgan fingerprint density at radius 2 is 2.04 bits per heavy atom. The number of alkyl halides is 2. The lowest BCUT2D eigenvalue weighted by atomic mass is 9.49. The van der Waals surface area contributed by atoms with E-state index in [1.54, 1.807) is 0 Å². The Kier molecular flexibility index (Phi) is 3.89. The summed E-state index contributed by atoms with van der Waals surface area (Å²) in [7, 11) is 0. The third-order valence-electron chi connectivity index (χ3n) is 7.96. The first-order valence-corrected chi connectivity index (χ1v) is 9.51. The van der Waals surface area contributed by atoms with Gasteiger partial charge in [-0.2, -0.15) is 0 Å². The van der Waals surface area contributed by atoms with Gasteiger partial charge >= 0.3 is 0 Å². The van der Waals surface area contributed by atoms with Gasteiger partial charge in [-0.05, 0) is 56.3 Å². The molecule has 0 heterocycles. The third kappa shape index (κ3) is 2.28. The molecule has 4 heteroatoms. The number of terminal acetylenes is 1. The molecule has 0 bridgehead atoms. The molecule has 0 spiro atoms. The number of halogens is 2. The van der Waals surface area contributed by atoms with Crippen molar-refractivity contribution < 1.29 is 18.7 Å². The number of allylic oxidation sites excluding steroid dienone is 2. The molecule has 136 valence electrons. The Labute approximate surface area is 148 Å². The monoisotopic (exact) mass is 348 g/mol. The van der Waals surface area contributed by atoms with Gasteiger partial charge in [0, 0.05) is 24.2 Å². The standard InChI is InChI=1S/C21H26F2O2/c1-3-21(25)9-8-17-15-6-4-12-10-13(24)5-7-14(12)18(15)16(19(22)23)11-20(17,21)2/h1,15-19,25H,4-11H2,2H3/t15?,16-,17?,18?,20-,21-/m0/s1. The van der Waals surface area contributed by atoms with Crippen LogP contribution in [0.5, 0.6) is 0 Å². The highest BCUT2D eigenvalue weighted by atomic mass is 19.3. The maximum Gasteiger partial charge on any atom is 0.242 e. The lowest BCUT2D eigenvalue weighted by Gasteiger charge is -2.56. The summed E-state index contributed by atoms with van der Waals surface area (Å²) in [5.74, 6) is 2.26. The van der Waals surface area contributed by atoms with Crippen LogP contribution in [0, 0.1) is 41.4 Å². The summed E-state index contributed by atoms with van der Waals surface area (Å²) in [6, 6.07) is 0. The number of carbonyl (C=O) groups excluding carboxylic acids is 1. The van der Waals surface area contributed by atoms with Crippen molar-refractivity contribution in [3.8, 4) is 12.3 Å². The first kappa shape index (κ1) is 17.2. The first-order valence-electron chi connectivity index (χ1n) is 9.51. The van der Waals surface area contributed by atoms with Crippen LogP contribution in [0.4, 0.5) is 8.78 Å². The lowest BCUT2D eigenvalue weighted by Crippen LogP contribution is -2.55. The summed E-state index contributed by atoms with van der Waals surface area (Å²) >= 11 is 0. The quantitative estimate of drug-likeness (QED) is 0.571. The lowest BCUT2D eigenvalue weighted by molar-refractivity contribution is -0.125. The molecule has 0 aromatic carbocycles. The Balaban J connectivity index is 1.78. The number of hydrogen-bond acceptors (Lipinski definition) is 2. The van der Waals surface area contributed by atoms with E-state index >= 15 is 0 Å². The summed E-state index contributed by atoms with van der Waals surface area (Å²) in [5, 5.41) is 11.0. The van der Waals surface area contributed by atoms with Gasteiger partial charge in [-0.15, -0.1) is 6.42 Å². The molecule has 0 radical (unpaired) electrons. The Hall–Kier alpha value is -1.21. The second kappa shape index (κ2) is 5.64. The molecule has 0 amide bonds. The topological polar surface area (TPSA) is 37.3 Å². The van der Waals surface area contributed by atoms with Crippen molar-refractivity contribution in [1.82, 2.24) is 0 Å². The summed E-state index contributed by atoms with van der Waals surface area (Å²) in [6.45, 7) is 1.93. The zero-order chi connectivity index (χ0) is 18.0. The van der Waals surface area contributed by atoms with Crippen LogP contribution >= 0.6 is 0 Å². The van der Waals surface area contributed by atoms with Gasteiger partial charge in [0.1, 0.15) is 11.4 Å². The van der Waals surface area contributed by atoms with Crippen LogP contribution in [0.1, 0.15) is 58.3 Å². The average molecular weight is 348 g/mol. The van der Waals surface area contributed by atoms with Crippen molar-refractivity contribution in [3.63, 3.8) is 0 Å². The van der Waals surface area contributed by atoms with E-state index in [0.717, 1.165) is 30.4 Å². The van der Waals surface area contributed by atoms with Crippen LogP contribution < -0.4 is 0 Å². The minimum Gasteiger partial charge on any atom is -0.377 e. The fraction of sp³-hybridized carbons (Fsp3) is 0.762. The highest BCUT2D eigenvalue weighted by Crippen LogP contribution is 2.66. The molecule has 0 aromatic heterocycles. The van der Waals surface area contributed by atoms with Crippen molar-refractivity contribution in [3.05, 3.63) is 11.1 Å². The summed E-state index contributed by atoms with van der Waals surface area (Å²) < 4.78 is 28.2. The number of carbonyl (C=O) groups is 1. The molecule has 2 fully saturated rings. The molecular formula is C21H26F2O2. The summed E-state index contributed by atoms with van der Waals surface area (Å²) in [4.78, 5) is 11.8. The molecule has 0 saturated heterocycles. The van der Waals surface area contributed by atoms with Gasteiger partial charge in [-0.1, -0.05) is 24.0 Å². The zero-order valence-electron chi connectivity index (χ0n) is 14.7. The van der Waals surface area contributed by atoms with E-state index in [-0.39, 0.29) is 30.0 Å². The van der Waals surface area contributed by atoms with Gasteiger partial charge in [0.15, 0.2) is 0 Å². The van der Waals surface area contributed by atoms with Crippen molar-refractivity contribution in [2.45, 2.75) is 70.3 Å². The van der Waals surface area contributed by atoms with E-state index < -0.39 is 23.4 Å². The maximum absolute atomic E-state index is 14.1. The van der Waals surface area contributed by atoms with Crippen LogP contribution in [-0.4, -0.2) is 22.9 Å². The molecule has 6 atom stereocenters. The molecular weight excluding hydrogens is 322 g/mol. The molecule has 0 aromatic rings. The number of fused-ring (bicyclic) bond motifs is 4. The molecule has 3 unspecified atom stereocenters. The van der Waals surface area contributed by atoms with E-state index in [1.165, 1.54) is 0 Å². The summed E-state index contributed by atoms with van der Waals surface area (Å²) in [6.07, 6.45) is 8.13. The fourth-order valence-electron chi connectivity index (χ4n) is 6.73. The van der Waals surface area contributed by atoms with Gasteiger partial charge in [0.05, 0.1) is 0 Å². The minimum absolute atomic E-state index is 0.130. The summed E-state index contributed by atoms with van der Waals surface area (Å²) in [5.41, 5.74) is 0.385. The van der Waals surface area contributed by atoms with Crippen LogP contribution in [-0.2, 0) is 4.79 Å². The van der Waals surface area contributed by atoms with Gasteiger partial charge in [-0.3, -0.25) is 4.79 Å². The predicted octanol–water partition coefficient (Wildman–Crippen LogP) is 4.13. The van der Waals surface area contributed by atoms with Crippen LogP contribution in [0.25, 0.3) is 0 Å². The molecule has 4 aliphatic carbocycles. The van der Waals surface area contributed by atoms with Gasteiger partial charge < -0.3 is 5.11 Å². The molecule has 4 aliphatic rings. The number of Topliss-reactive ketones (excluding diaryl/α,β-unsaturated/α-hetero) is 1. The van der Waals surface area contributed by atoms with E-state index in [0.29, 0.717) is 25.7 Å². The number of hydrogen-bond donors (Lipinski definition) is 1. The number of ketones is 1. The van der Waals surface area contributed by atoms with Gasteiger partial charge in [0.25, 0.3) is 0 Å². The zero-order valence-corrected chi connectivity index (χ0v) is 14.7. The van der Waals surface area contributed by atoms with Crippen LogP contribution in [0.2, 0.25) is 0 Å². The van der Waals surface area contributed by atoms with Crippen LogP contribution in [0.3, 0.4) is 0 Å². The van der Waals surface area contributed by atoms with Gasteiger partial charge in [0.2, 0.25) is 6.43 Å². The Morgan fingerprint density at radius 3 is 2.72 bits per heavy atom. The largest absolute Gasteiger partial charge is 0.377 e. The predicted molar refractivity (Wildman–Crippen MR) is 90.8 cm³/mol. The van der Waals surface area contributed by atoms with Crippen molar-refractivity contribution in [2.75, 3.05) is 0 Å². The SMILES string of the molecule is C#C[C@]1(O)CCC2C3CCC4=C(CCC(=O)C4)C3[C@@H](C(F)F)C[C@@]21C. The first-order chi connectivity index (χ1) is 11.8. The second-order valence-corrected chi connectivity index (χ2v) is 8.84. The molecule has 4 rings (SSSR count). The molecule has 2 nitrogen and oxygen atoms in total. The van der Waals surface area contributed by atoms with Crippen molar-refractivity contribution in [1.29, 1.82) is 0 Å². The van der Waals surface area contributed by atoms with Gasteiger partial charge in [-0.25, -0.2) is 8.78 Å². The van der Waals surface area contributed by atoms with Crippen LogP contribution in [0.15, 0.2) is 11.1 Å². The highest BCUT2D eigenvalue weighted by molar-refractivity contribution is 5.82. The fourth-order valence-corrected chi connectivity index (χ4v) is 6.73. The Bertz CT molecular complexity index is 676. The highest BCUT2D eigenvalue weighted by Gasteiger charge is 2.64. The van der Waals surface area contributed by atoms with Crippen molar-refractivity contribution in [2.24, 2.45) is 29.1 Å². The molecule has 25 heavy (non-hydrogen) atoms. The van der Waals surface area contributed by atoms with E-state index in [2.05, 4.69) is 5.92 Å². The smallest absolute Gasteiger partial charge is 0.242 e. The average Bonchev–Trinajstić information content (AvgIpc) is 2.85. The van der Waals surface area contributed by atoms with E-state index in [4.69, 9.17) is 6.42 Å². The Morgan fingerprint density at radius 1 is 1.28 bits per heavy atom. The number of rotatable bonds is 1. The maximum atomic E-state index is 14.1. The van der Waals surface area contributed by atoms with E-state index in [9.17, 15) is 18.7 Å².